The maximum atomic E-state index is 11.2. The van der Waals surface area contributed by atoms with Gasteiger partial charge in [-0.2, -0.15) is 0 Å². The molecule has 17 heavy (non-hydrogen) atoms. The zero-order valence-electron chi connectivity index (χ0n) is 9.78. The van der Waals surface area contributed by atoms with Crippen molar-refractivity contribution in [3.8, 4) is 0 Å². The van der Waals surface area contributed by atoms with Crippen LogP contribution < -0.4 is 5.32 Å². The van der Waals surface area contributed by atoms with Crippen LogP contribution in [0.2, 0.25) is 0 Å². The van der Waals surface area contributed by atoms with Crippen LogP contribution in [0.15, 0.2) is 18.2 Å². The highest BCUT2D eigenvalue weighted by Gasteiger charge is 2.27. The largest absolute Gasteiger partial charge is 0.481 e. The zero-order valence-corrected chi connectivity index (χ0v) is 9.78. The summed E-state index contributed by atoms with van der Waals surface area (Å²) in [4.78, 5) is 11.2. The number of aliphatic carboxylic acids is 1. The first kappa shape index (κ1) is 10.6. The summed E-state index contributed by atoms with van der Waals surface area (Å²) in [6, 6.07) is 6.81. The molecule has 3 nitrogen and oxygen atoms in total. The van der Waals surface area contributed by atoms with Gasteiger partial charge in [-0.1, -0.05) is 6.07 Å². The number of carboxylic acid groups (broad SMARTS) is 1. The molecule has 1 unspecified atom stereocenters. The predicted octanol–water partition coefficient (Wildman–Crippen LogP) is 2.77. The number of anilines is 1. The Kier molecular flexibility index (Phi) is 2.54. The number of hydrogen-bond donors (Lipinski definition) is 2. The lowest BCUT2D eigenvalue weighted by atomic mass is 9.82. The molecule has 3 heteroatoms. The Morgan fingerprint density at radius 2 is 2.12 bits per heavy atom. The van der Waals surface area contributed by atoms with Gasteiger partial charge in [0.25, 0.3) is 0 Å². The van der Waals surface area contributed by atoms with Gasteiger partial charge in [-0.05, 0) is 55.4 Å². The van der Waals surface area contributed by atoms with Gasteiger partial charge in [0.05, 0.1) is 5.92 Å². The summed E-state index contributed by atoms with van der Waals surface area (Å²) in [7, 11) is 0. The van der Waals surface area contributed by atoms with Crippen molar-refractivity contribution >= 4 is 11.7 Å². The molecule has 1 saturated carbocycles. The highest BCUT2D eigenvalue weighted by Crippen LogP contribution is 2.34. The van der Waals surface area contributed by atoms with Crippen LogP contribution in [0.1, 0.15) is 42.7 Å². The van der Waals surface area contributed by atoms with Crippen molar-refractivity contribution in [2.24, 2.45) is 0 Å². The average Bonchev–Trinajstić information content (AvgIpc) is 3.11. The first-order chi connectivity index (χ1) is 8.24. The van der Waals surface area contributed by atoms with E-state index in [1.165, 1.54) is 18.4 Å². The number of aryl methyl sites for hydroxylation is 1. The van der Waals surface area contributed by atoms with E-state index in [9.17, 15) is 9.90 Å². The molecule has 0 spiro atoms. The lowest BCUT2D eigenvalue weighted by Gasteiger charge is -2.23. The van der Waals surface area contributed by atoms with Gasteiger partial charge in [0.15, 0.2) is 0 Å². The zero-order chi connectivity index (χ0) is 11.8. The van der Waals surface area contributed by atoms with E-state index in [0.717, 1.165) is 30.5 Å². The summed E-state index contributed by atoms with van der Waals surface area (Å²) < 4.78 is 0. The molecule has 0 radical (unpaired) electrons. The van der Waals surface area contributed by atoms with Crippen molar-refractivity contribution < 1.29 is 9.90 Å². The van der Waals surface area contributed by atoms with Gasteiger partial charge in [0.1, 0.15) is 0 Å². The number of benzene rings is 1. The molecule has 2 aliphatic carbocycles. The second kappa shape index (κ2) is 4.06. The molecular weight excluding hydrogens is 214 g/mol. The van der Waals surface area contributed by atoms with Gasteiger partial charge in [-0.25, -0.2) is 0 Å². The van der Waals surface area contributed by atoms with Crippen LogP contribution in [0.25, 0.3) is 0 Å². The van der Waals surface area contributed by atoms with E-state index in [2.05, 4.69) is 11.4 Å². The molecule has 0 aliphatic heterocycles. The minimum absolute atomic E-state index is 0.297. The average molecular weight is 231 g/mol. The van der Waals surface area contributed by atoms with Gasteiger partial charge < -0.3 is 10.4 Å². The first-order valence-electron chi connectivity index (χ1n) is 6.36. The monoisotopic (exact) mass is 231 g/mol. The molecule has 90 valence electrons. The number of carboxylic acids is 1. The Morgan fingerprint density at radius 1 is 1.29 bits per heavy atom. The molecule has 0 saturated heterocycles. The predicted molar refractivity (Wildman–Crippen MR) is 66.4 cm³/mol. The van der Waals surface area contributed by atoms with Crippen LogP contribution in [-0.4, -0.2) is 17.1 Å². The molecule has 0 amide bonds. The number of fused-ring (bicyclic) bond motifs is 1. The maximum absolute atomic E-state index is 11.2. The SMILES string of the molecule is O=C(O)C1CCCc2cc(NC3CC3)ccc21. The third-order valence-corrected chi connectivity index (χ3v) is 3.70. The Hall–Kier alpha value is -1.51. The van der Waals surface area contributed by atoms with E-state index in [0.29, 0.717) is 6.04 Å². The van der Waals surface area contributed by atoms with E-state index >= 15 is 0 Å². The van der Waals surface area contributed by atoms with Crippen molar-refractivity contribution in [2.75, 3.05) is 5.32 Å². The smallest absolute Gasteiger partial charge is 0.310 e. The Bertz CT molecular complexity index is 452. The molecule has 0 aromatic heterocycles. The molecule has 2 N–H and O–H groups in total. The molecular formula is C14H17NO2. The van der Waals surface area contributed by atoms with Crippen molar-refractivity contribution in [3.05, 3.63) is 29.3 Å². The number of rotatable bonds is 3. The molecule has 1 atom stereocenters. The van der Waals surface area contributed by atoms with Crippen LogP contribution in [0.5, 0.6) is 0 Å². The maximum Gasteiger partial charge on any atom is 0.310 e. The number of hydrogen-bond acceptors (Lipinski definition) is 2. The summed E-state index contributed by atoms with van der Waals surface area (Å²) in [6.45, 7) is 0. The van der Waals surface area contributed by atoms with E-state index < -0.39 is 5.97 Å². The summed E-state index contributed by atoms with van der Waals surface area (Å²) in [6.07, 6.45) is 5.29. The Balaban J connectivity index is 1.88. The van der Waals surface area contributed by atoms with E-state index in [1.54, 1.807) is 0 Å². The molecule has 0 bridgehead atoms. The second-order valence-corrected chi connectivity index (χ2v) is 5.12. The van der Waals surface area contributed by atoms with Crippen LogP contribution >= 0.6 is 0 Å². The Morgan fingerprint density at radius 3 is 2.82 bits per heavy atom. The summed E-state index contributed by atoms with van der Waals surface area (Å²) in [5, 5.41) is 12.7. The highest BCUT2D eigenvalue weighted by atomic mass is 16.4. The molecule has 3 rings (SSSR count). The van der Waals surface area contributed by atoms with Crippen LogP contribution in [0.3, 0.4) is 0 Å². The number of nitrogens with one attached hydrogen (secondary N) is 1. The van der Waals surface area contributed by atoms with E-state index in [-0.39, 0.29) is 5.92 Å². The molecule has 1 fully saturated rings. The normalized spacial score (nSPS) is 22.9. The lowest BCUT2D eigenvalue weighted by Crippen LogP contribution is -2.18. The fourth-order valence-corrected chi connectivity index (χ4v) is 2.62. The Labute approximate surface area is 101 Å². The van der Waals surface area contributed by atoms with Crippen LogP contribution in [0.4, 0.5) is 5.69 Å². The van der Waals surface area contributed by atoms with Crippen LogP contribution in [-0.2, 0) is 11.2 Å². The van der Waals surface area contributed by atoms with Gasteiger partial charge in [0.2, 0.25) is 0 Å². The van der Waals surface area contributed by atoms with E-state index in [4.69, 9.17) is 0 Å². The van der Waals surface area contributed by atoms with Gasteiger partial charge >= 0.3 is 5.97 Å². The molecule has 1 aromatic carbocycles. The fourth-order valence-electron chi connectivity index (χ4n) is 2.62. The number of carbonyl (C=O) groups is 1. The first-order valence-corrected chi connectivity index (χ1v) is 6.36. The minimum Gasteiger partial charge on any atom is -0.481 e. The van der Waals surface area contributed by atoms with Gasteiger partial charge in [-0.15, -0.1) is 0 Å². The molecule has 0 heterocycles. The third kappa shape index (κ3) is 2.14. The van der Waals surface area contributed by atoms with Crippen molar-refractivity contribution in [2.45, 2.75) is 44.1 Å². The summed E-state index contributed by atoms with van der Waals surface area (Å²) in [5.41, 5.74) is 3.39. The summed E-state index contributed by atoms with van der Waals surface area (Å²) >= 11 is 0. The third-order valence-electron chi connectivity index (χ3n) is 3.70. The van der Waals surface area contributed by atoms with Gasteiger partial charge in [0, 0.05) is 11.7 Å². The van der Waals surface area contributed by atoms with Crippen LogP contribution in [0, 0.1) is 0 Å². The highest BCUT2D eigenvalue weighted by molar-refractivity contribution is 5.77. The van der Waals surface area contributed by atoms with Crippen molar-refractivity contribution in [1.82, 2.24) is 0 Å². The van der Waals surface area contributed by atoms with E-state index in [1.807, 2.05) is 12.1 Å². The topological polar surface area (TPSA) is 49.3 Å². The quantitative estimate of drug-likeness (QED) is 0.841. The standard InChI is InChI=1S/C14H17NO2/c16-14(17)13-3-1-2-9-8-11(6-7-12(9)13)15-10-4-5-10/h6-8,10,13,15H,1-5H2,(H,16,17). The minimum atomic E-state index is -0.686. The van der Waals surface area contributed by atoms with Crippen molar-refractivity contribution in [1.29, 1.82) is 0 Å². The lowest BCUT2D eigenvalue weighted by molar-refractivity contribution is -0.139. The van der Waals surface area contributed by atoms with Crippen molar-refractivity contribution in [3.63, 3.8) is 0 Å². The summed E-state index contributed by atoms with van der Waals surface area (Å²) in [5.74, 6) is -0.984. The van der Waals surface area contributed by atoms with Gasteiger partial charge in [-0.3, -0.25) is 4.79 Å². The molecule has 1 aromatic rings. The fraction of sp³-hybridized carbons (Fsp3) is 0.500. The second-order valence-electron chi connectivity index (χ2n) is 5.12. The molecule has 2 aliphatic rings.